The van der Waals surface area contributed by atoms with Gasteiger partial charge in [-0.05, 0) is 62.7 Å². The fourth-order valence-corrected chi connectivity index (χ4v) is 2.27. The normalized spacial score (nSPS) is 10.6. The number of benzene rings is 2. The first-order valence-electron chi connectivity index (χ1n) is 7.58. The Hall–Kier alpha value is -2.69. The first-order chi connectivity index (χ1) is 11.3. The third-order valence-electron chi connectivity index (χ3n) is 3.17. The molecule has 0 spiro atoms. The summed E-state index contributed by atoms with van der Waals surface area (Å²) in [6.07, 6.45) is 0.0108. The Morgan fingerprint density at radius 3 is 2.25 bits per heavy atom. The van der Waals surface area contributed by atoms with Crippen molar-refractivity contribution in [2.45, 2.75) is 33.8 Å². The second-order valence-electron chi connectivity index (χ2n) is 5.73. The number of esters is 1. The van der Waals surface area contributed by atoms with E-state index in [1.54, 1.807) is 31.2 Å². The highest BCUT2D eigenvalue weighted by Gasteiger charge is 2.21. The molecule has 24 heavy (non-hydrogen) atoms. The van der Waals surface area contributed by atoms with Crippen LogP contribution in [-0.2, 0) is 4.79 Å². The molecule has 0 saturated heterocycles. The molecule has 2 aromatic rings. The van der Waals surface area contributed by atoms with E-state index < -0.39 is 17.6 Å². The van der Waals surface area contributed by atoms with E-state index in [1.807, 2.05) is 13.8 Å². The highest BCUT2D eigenvalue weighted by molar-refractivity contribution is 6.11. The Balaban J connectivity index is 2.40. The van der Waals surface area contributed by atoms with Crippen molar-refractivity contribution in [3.8, 4) is 11.5 Å². The summed E-state index contributed by atoms with van der Waals surface area (Å²) in [5.74, 6) is -1.35. The van der Waals surface area contributed by atoms with Gasteiger partial charge >= 0.3 is 5.97 Å². The second-order valence-corrected chi connectivity index (χ2v) is 5.73. The van der Waals surface area contributed by atoms with Crippen LogP contribution in [0.1, 0.15) is 42.3 Å². The largest absolute Gasteiger partial charge is 0.491 e. The molecule has 0 aliphatic carbocycles. The Kier molecular flexibility index (Phi) is 5.34. The van der Waals surface area contributed by atoms with Gasteiger partial charge in [0.25, 0.3) is 0 Å². The van der Waals surface area contributed by atoms with E-state index in [1.165, 1.54) is 19.1 Å². The van der Waals surface area contributed by atoms with Crippen molar-refractivity contribution in [1.29, 1.82) is 0 Å². The lowest BCUT2D eigenvalue weighted by molar-refractivity contribution is -0.131. The molecule has 0 N–H and O–H groups in total. The van der Waals surface area contributed by atoms with E-state index in [0.717, 1.165) is 0 Å². The van der Waals surface area contributed by atoms with Crippen molar-refractivity contribution >= 4 is 11.8 Å². The van der Waals surface area contributed by atoms with Gasteiger partial charge in [0.2, 0.25) is 0 Å². The molecule has 0 radical (unpaired) electrons. The van der Waals surface area contributed by atoms with Gasteiger partial charge in [-0.1, -0.05) is 0 Å². The monoisotopic (exact) mass is 330 g/mol. The minimum absolute atomic E-state index is 0.0108. The minimum Gasteiger partial charge on any atom is -0.491 e. The Labute approximate surface area is 140 Å². The standard InChI is InChI=1S/C19H19FO4/c1-11(2)23-15-7-5-14(6-8-15)19(22)18-16(20)9-12(3)10-17(18)24-13(4)21/h5-11H,1-4H3. The van der Waals surface area contributed by atoms with Crippen LogP contribution in [0.3, 0.4) is 0 Å². The maximum absolute atomic E-state index is 14.3. The van der Waals surface area contributed by atoms with Crippen LogP contribution >= 0.6 is 0 Å². The maximum atomic E-state index is 14.3. The smallest absolute Gasteiger partial charge is 0.308 e. The molecule has 4 nitrogen and oxygen atoms in total. The molecule has 0 aliphatic heterocycles. The zero-order valence-electron chi connectivity index (χ0n) is 14.1. The molecule has 0 saturated carbocycles. The zero-order valence-corrected chi connectivity index (χ0v) is 14.1. The first-order valence-corrected chi connectivity index (χ1v) is 7.58. The maximum Gasteiger partial charge on any atom is 0.308 e. The summed E-state index contributed by atoms with van der Waals surface area (Å²) in [7, 11) is 0. The van der Waals surface area contributed by atoms with Gasteiger partial charge < -0.3 is 9.47 Å². The highest BCUT2D eigenvalue weighted by Crippen LogP contribution is 2.27. The molecule has 0 heterocycles. The van der Waals surface area contributed by atoms with Crippen LogP contribution in [0.15, 0.2) is 36.4 Å². The Morgan fingerprint density at radius 2 is 1.71 bits per heavy atom. The van der Waals surface area contributed by atoms with Crippen LogP contribution in [-0.4, -0.2) is 17.9 Å². The summed E-state index contributed by atoms with van der Waals surface area (Å²) in [6, 6.07) is 9.09. The first kappa shape index (κ1) is 17.7. The molecule has 0 bridgehead atoms. The third-order valence-corrected chi connectivity index (χ3v) is 3.17. The molecule has 126 valence electrons. The lowest BCUT2D eigenvalue weighted by Gasteiger charge is -2.12. The molecule has 0 fully saturated rings. The highest BCUT2D eigenvalue weighted by atomic mass is 19.1. The van der Waals surface area contributed by atoms with Crippen molar-refractivity contribution in [2.75, 3.05) is 0 Å². The van der Waals surface area contributed by atoms with Gasteiger partial charge in [-0.2, -0.15) is 0 Å². The van der Waals surface area contributed by atoms with E-state index in [9.17, 15) is 14.0 Å². The number of carbonyl (C=O) groups excluding carboxylic acids is 2. The van der Waals surface area contributed by atoms with Crippen molar-refractivity contribution in [2.24, 2.45) is 0 Å². The van der Waals surface area contributed by atoms with Crippen molar-refractivity contribution in [3.63, 3.8) is 0 Å². The van der Waals surface area contributed by atoms with Crippen LogP contribution < -0.4 is 9.47 Å². The predicted octanol–water partition coefficient (Wildman–Crippen LogP) is 4.08. The van der Waals surface area contributed by atoms with Gasteiger partial charge in [0.05, 0.1) is 6.10 Å². The average Bonchev–Trinajstić information content (AvgIpc) is 2.45. The number of rotatable bonds is 5. The van der Waals surface area contributed by atoms with Crippen LogP contribution in [0.25, 0.3) is 0 Å². The summed E-state index contributed by atoms with van der Waals surface area (Å²) < 4.78 is 24.8. The molecular weight excluding hydrogens is 311 g/mol. The molecule has 0 atom stereocenters. The lowest BCUT2D eigenvalue weighted by Crippen LogP contribution is -2.11. The Morgan fingerprint density at radius 1 is 1.08 bits per heavy atom. The topological polar surface area (TPSA) is 52.6 Å². The number of ether oxygens (including phenoxy) is 2. The molecule has 0 amide bonds. The molecule has 0 aliphatic rings. The van der Waals surface area contributed by atoms with Crippen LogP contribution in [0.4, 0.5) is 4.39 Å². The van der Waals surface area contributed by atoms with Gasteiger partial charge in [-0.15, -0.1) is 0 Å². The summed E-state index contributed by atoms with van der Waals surface area (Å²) in [5.41, 5.74) is 0.580. The summed E-state index contributed by atoms with van der Waals surface area (Å²) in [6.45, 7) is 6.65. The molecule has 5 heteroatoms. The summed E-state index contributed by atoms with van der Waals surface area (Å²) in [5, 5.41) is 0. The number of carbonyl (C=O) groups is 2. The van der Waals surface area contributed by atoms with Gasteiger partial charge in [-0.25, -0.2) is 4.39 Å². The second kappa shape index (κ2) is 7.25. The van der Waals surface area contributed by atoms with Crippen molar-refractivity contribution in [3.05, 3.63) is 58.9 Å². The average molecular weight is 330 g/mol. The molecule has 2 aromatic carbocycles. The lowest BCUT2D eigenvalue weighted by atomic mass is 10.00. The number of halogens is 1. The minimum atomic E-state index is -0.723. The van der Waals surface area contributed by atoms with Crippen molar-refractivity contribution < 1.29 is 23.5 Å². The fourth-order valence-electron chi connectivity index (χ4n) is 2.27. The number of ketones is 1. The van der Waals surface area contributed by atoms with E-state index >= 15 is 0 Å². The third kappa shape index (κ3) is 4.19. The molecular formula is C19H19FO4. The van der Waals surface area contributed by atoms with Gasteiger partial charge in [0.15, 0.2) is 5.78 Å². The van der Waals surface area contributed by atoms with Gasteiger partial charge in [0, 0.05) is 12.5 Å². The number of hydrogen-bond acceptors (Lipinski definition) is 4. The van der Waals surface area contributed by atoms with E-state index in [0.29, 0.717) is 11.3 Å². The predicted molar refractivity (Wildman–Crippen MR) is 88.1 cm³/mol. The van der Waals surface area contributed by atoms with Crippen LogP contribution in [0, 0.1) is 12.7 Å². The van der Waals surface area contributed by atoms with E-state index in [-0.39, 0.29) is 23.0 Å². The molecule has 0 unspecified atom stereocenters. The number of hydrogen-bond donors (Lipinski definition) is 0. The van der Waals surface area contributed by atoms with E-state index in [4.69, 9.17) is 9.47 Å². The summed E-state index contributed by atoms with van der Waals surface area (Å²) in [4.78, 5) is 23.9. The van der Waals surface area contributed by atoms with Crippen LogP contribution in [0.5, 0.6) is 11.5 Å². The Bertz CT molecular complexity index is 764. The van der Waals surface area contributed by atoms with Gasteiger partial charge in [-0.3, -0.25) is 9.59 Å². The molecule has 0 aromatic heterocycles. The van der Waals surface area contributed by atoms with Gasteiger partial charge in [0.1, 0.15) is 22.9 Å². The quantitative estimate of drug-likeness (QED) is 0.471. The summed E-state index contributed by atoms with van der Waals surface area (Å²) >= 11 is 0. The SMILES string of the molecule is CC(=O)Oc1cc(C)cc(F)c1C(=O)c1ccc(OC(C)C)cc1. The number of aryl methyl sites for hydroxylation is 1. The zero-order chi connectivity index (χ0) is 17.9. The molecule has 2 rings (SSSR count). The van der Waals surface area contributed by atoms with E-state index in [2.05, 4.69) is 0 Å². The fraction of sp³-hybridized carbons (Fsp3) is 0.263. The van der Waals surface area contributed by atoms with Crippen molar-refractivity contribution in [1.82, 2.24) is 0 Å². The van der Waals surface area contributed by atoms with Crippen LogP contribution in [0.2, 0.25) is 0 Å².